The lowest BCUT2D eigenvalue weighted by Gasteiger charge is -2.32. The van der Waals surface area contributed by atoms with E-state index in [1.165, 1.54) is 7.11 Å². The average molecular weight is 382 g/mol. The SMILES string of the molecule is COC(=O)[C@@H]1CCCCN1Cc1nnc(-c2c(-c3ccccc3)noc2C)o1. The Bertz CT molecular complexity index is 950. The van der Waals surface area contributed by atoms with Gasteiger partial charge >= 0.3 is 5.97 Å². The van der Waals surface area contributed by atoms with Gasteiger partial charge in [-0.05, 0) is 26.3 Å². The number of nitrogens with zero attached hydrogens (tertiary/aromatic N) is 4. The summed E-state index contributed by atoms with van der Waals surface area (Å²) in [5, 5.41) is 12.5. The van der Waals surface area contributed by atoms with Gasteiger partial charge in [0.25, 0.3) is 5.89 Å². The van der Waals surface area contributed by atoms with Crippen LogP contribution in [0, 0.1) is 6.92 Å². The van der Waals surface area contributed by atoms with Crippen molar-refractivity contribution in [1.82, 2.24) is 20.3 Å². The van der Waals surface area contributed by atoms with Crippen molar-refractivity contribution in [2.45, 2.75) is 38.8 Å². The molecule has 2 aromatic heterocycles. The third-order valence-electron chi connectivity index (χ3n) is 5.02. The molecular weight excluding hydrogens is 360 g/mol. The number of likely N-dealkylation sites (tertiary alicyclic amines) is 1. The second-order valence-corrected chi connectivity index (χ2v) is 6.83. The molecule has 0 N–H and O–H groups in total. The summed E-state index contributed by atoms with van der Waals surface area (Å²) in [6.07, 6.45) is 2.81. The average Bonchev–Trinajstić information content (AvgIpc) is 3.34. The van der Waals surface area contributed by atoms with Gasteiger partial charge in [-0.25, -0.2) is 0 Å². The van der Waals surface area contributed by atoms with Crippen LogP contribution >= 0.6 is 0 Å². The number of carbonyl (C=O) groups excluding carboxylic acids is 1. The summed E-state index contributed by atoms with van der Waals surface area (Å²) in [6, 6.07) is 9.44. The van der Waals surface area contributed by atoms with E-state index in [9.17, 15) is 4.79 Å². The fourth-order valence-electron chi connectivity index (χ4n) is 3.59. The lowest BCUT2D eigenvalue weighted by molar-refractivity contribution is -0.148. The number of piperidine rings is 1. The number of carbonyl (C=O) groups is 1. The second-order valence-electron chi connectivity index (χ2n) is 6.83. The number of aryl methyl sites for hydroxylation is 1. The number of hydrogen-bond acceptors (Lipinski definition) is 8. The molecule has 0 radical (unpaired) electrons. The smallest absolute Gasteiger partial charge is 0.323 e. The van der Waals surface area contributed by atoms with Crippen LogP contribution in [0.2, 0.25) is 0 Å². The quantitative estimate of drug-likeness (QED) is 0.621. The molecule has 0 saturated carbocycles. The van der Waals surface area contributed by atoms with Crippen molar-refractivity contribution in [3.05, 3.63) is 42.0 Å². The van der Waals surface area contributed by atoms with Crippen LogP contribution < -0.4 is 0 Å². The van der Waals surface area contributed by atoms with Gasteiger partial charge in [-0.2, -0.15) is 0 Å². The Morgan fingerprint density at radius 2 is 2.07 bits per heavy atom. The minimum atomic E-state index is -0.272. The summed E-state index contributed by atoms with van der Waals surface area (Å²) in [5.74, 6) is 1.20. The maximum Gasteiger partial charge on any atom is 0.323 e. The Kier molecular flexibility index (Phi) is 5.21. The minimum Gasteiger partial charge on any atom is -0.468 e. The molecule has 146 valence electrons. The highest BCUT2D eigenvalue weighted by Gasteiger charge is 2.31. The van der Waals surface area contributed by atoms with Crippen molar-refractivity contribution >= 4 is 5.97 Å². The molecule has 0 aliphatic carbocycles. The number of rotatable bonds is 5. The van der Waals surface area contributed by atoms with Gasteiger partial charge < -0.3 is 13.7 Å². The van der Waals surface area contributed by atoms with Crippen molar-refractivity contribution in [2.24, 2.45) is 0 Å². The summed E-state index contributed by atoms with van der Waals surface area (Å²) in [5.41, 5.74) is 2.27. The van der Waals surface area contributed by atoms with E-state index < -0.39 is 0 Å². The van der Waals surface area contributed by atoms with Crippen LogP contribution in [0.4, 0.5) is 0 Å². The molecule has 8 nitrogen and oxygen atoms in total. The number of benzene rings is 1. The zero-order chi connectivity index (χ0) is 19.5. The topological polar surface area (TPSA) is 94.5 Å². The van der Waals surface area contributed by atoms with Gasteiger partial charge in [0.15, 0.2) is 0 Å². The van der Waals surface area contributed by atoms with Gasteiger partial charge in [-0.1, -0.05) is 41.9 Å². The van der Waals surface area contributed by atoms with Gasteiger partial charge in [0, 0.05) is 5.56 Å². The lowest BCUT2D eigenvalue weighted by Crippen LogP contribution is -2.44. The molecule has 28 heavy (non-hydrogen) atoms. The zero-order valence-corrected chi connectivity index (χ0v) is 15.9. The monoisotopic (exact) mass is 382 g/mol. The fraction of sp³-hybridized carbons (Fsp3) is 0.400. The molecule has 8 heteroatoms. The lowest BCUT2D eigenvalue weighted by atomic mass is 10.0. The van der Waals surface area contributed by atoms with Crippen LogP contribution in [0.3, 0.4) is 0 Å². The van der Waals surface area contributed by atoms with Gasteiger partial charge in [0.1, 0.15) is 23.1 Å². The molecule has 1 fully saturated rings. The molecule has 1 saturated heterocycles. The summed E-state index contributed by atoms with van der Waals surface area (Å²) < 4.78 is 16.2. The van der Waals surface area contributed by atoms with E-state index in [2.05, 4.69) is 15.4 Å². The Balaban J connectivity index is 1.59. The molecule has 1 aliphatic rings. The number of ether oxygens (including phenoxy) is 1. The van der Waals surface area contributed by atoms with Gasteiger partial charge in [0.05, 0.1) is 13.7 Å². The van der Waals surface area contributed by atoms with Crippen molar-refractivity contribution in [3.63, 3.8) is 0 Å². The first-order chi connectivity index (χ1) is 13.7. The largest absolute Gasteiger partial charge is 0.468 e. The van der Waals surface area contributed by atoms with Gasteiger partial charge in [-0.3, -0.25) is 9.69 Å². The van der Waals surface area contributed by atoms with Crippen LogP contribution in [-0.4, -0.2) is 45.9 Å². The summed E-state index contributed by atoms with van der Waals surface area (Å²) >= 11 is 0. The predicted octanol–water partition coefficient (Wildman–Crippen LogP) is 3.23. The standard InChI is InChI=1S/C20H22N4O4/c1-13-17(18(23-28-13)14-8-4-3-5-9-14)19-22-21-16(27-19)12-24-11-7-6-10-15(24)20(25)26-2/h3-5,8-9,15H,6-7,10-12H2,1-2H3/t15-/m0/s1. The van der Waals surface area contributed by atoms with Crippen LogP contribution in [-0.2, 0) is 16.1 Å². The van der Waals surface area contributed by atoms with Gasteiger partial charge in [-0.15, -0.1) is 10.2 Å². The molecular formula is C20H22N4O4. The first-order valence-corrected chi connectivity index (χ1v) is 9.33. The van der Waals surface area contributed by atoms with E-state index in [1.54, 1.807) is 0 Å². The van der Waals surface area contributed by atoms with Crippen LogP contribution in [0.15, 0.2) is 39.3 Å². The maximum absolute atomic E-state index is 12.1. The number of aromatic nitrogens is 3. The van der Waals surface area contributed by atoms with Gasteiger partial charge in [0.2, 0.25) is 5.89 Å². The first kappa shape index (κ1) is 18.4. The number of hydrogen-bond donors (Lipinski definition) is 0. The Morgan fingerprint density at radius 3 is 2.86 bits per heavy atom. The fourth-order valence-corrected chi connectivity index (χ4v) is 3.59. The first-order valence-electron chi connectivity index (χ1n) is 9.33. The molecule has 0 bridgehead atoms. The summed E-state index contributed by atoms with van der Waals surface area (Å²) in [6.45, 7) is 3.01. The molecule has 0 amide bonds. The van der Waals surface area contributed by atoms with Crippen molar-refractivity contribution in [2.75, 3.05) is 13.7 Å². The van der Waals surface area contributed by atoms with Crippen molar-refractivity contribution in [3.8, 4) is 22.7 Å². The van der Waals surface area contributed by atoms with Crippen LogP contribution in [0.1, 0.15) is 30.9 Å². The Hall–Kier alpha value is -3.00. The molecule has 1 atom stereocenters. The van der Waals surface area contributed by atoms with Crippen molar-refractivity contribution < 1.29 is 18.5 Å². The highest BCUT2D eigenvalue weighted by Crippen LogP contribution is 2.33. The highest BCUT2D eigenvalue weighted by molar-refractivity contribution is 5.77. The van der Waals surface area contributed by atoms with Crippen LogP contribution in [0.5, 0.6) is 0 Å². The third-order valence-corrected chi connectivity index (χ3v) is 5.02. The van der Waals surface area contributed by atoms with E-state index in [1.807, 2.05) is 42.2 Å². The van der Waals surface area contributed by atoms with E-state index >= 15 is 0 Å². The molecule has 1 aromatic carbocycles. The van der Waals surface area contributed by atoms with E-state index in [0.29, 0.717) is 35.3 Å². The Morgan fingerprint density at radius 1 is 1.25 bits per heavy atom. The minimum absolute atomic E-state index is 0.222. The molecule has 3 heterocycles. The van der Waals surface area contributed by atoms with Crippen molar-refractivity contribution in [1.29, 1.82) is 0 Å². The molecule has 4 rings (SSSR count). The predicted molar refractivity (Wildman–Crippen MR) is 100 cm³/mol. The zero-order valence-electron chi connectivity index (χ0n) is 15.9. The molecule has 0 spiro atoms. The maximum atomic E-state index is 12.1. The van der Waals surface area contributed by atoms with E-state index in [4.69, 9.17) is 13.7 Å². The molecule has 3 aromatic rings. The second kappa shape index (κ2) is 7.93. The summed E-state index contributed by atoms with van der Waals surface area (Å²) in [7, 11) is 1.42. The summed E-state index contributed by atoms with van der Waals surface area (Å²) in [4.78, 5) is 14.1. The normalized spacial score (nSPS) is 17.6. The van der Waals surface area contributed by atoms with Crippen LogP contribution in [0.25, 0.3) is 22.7 Å². The third kappa shape index (κ3) is 3.55. The van der Waals surface area contributed by atoms with E-state index in [-0.39, 0.29) is 12.0 Å². The molecule has 0 unspecified atom stereocenters. The Labute approximate surface area is 162 Å². The number of esters is 1. The van der Waals surface area contributed by atoms with E-state index in [0.717, 1.165) is 31.4 Å². The highest BCUT2D eigenvalue weighted by atomic mass is 16.5. The number of methoxy groups -OCH3 is 1. The molecule has 1 aliphatic heterocycles.